The highest BCUT2D eigenvalue weighted by Gasteiger charge is 2.27. The monoisotopic (exact) mass is 193 g/mol. The van der Waals surface area contributed by atoms with Crippen molar-refractivity contribution in [2.24, 2.45) is 0 Å². The molecule has 1 aliphatic rings. The summed E-state index contributed by atoms with van der Waals surface area (Å²) in [5.74, 6) is -0.230. The number of carbonyl (C=O) groups is 1. The molecular weight excluding hydrogens is 181 g/mol. The van der Waals surface area contributed by atoms with E-state index in [0.717, 1.165) is 30.5 Å². The van der Waals surface area contributed by atoms with Gasteiger partial charge in [0.15, 0.2) is 0 Å². The number of rotatable bonds is 2. The van der Waals surface area contributed by atoms with E-state index in [0.29, 0.717) is 0 Å². The summed E-state index contributed by atoms with van der Waals surface area (Å²) in [5, 5.41) is 0. The lowest BCUT2D eigenvalue weighted by Crippen LogP contribution is -2.29. The number of nitrogens with zero attached hydrogens (tertiary/aromatic N) is 1. The number of fused-ring (bicyclic) bond motifs is 1. The van der Waals surface area contributed by atoms with Crippen molar-refractivity contribution in [2.75, 3.05) is 4.90 Å². The molecule has 0 bridgehead atoms. The van der Waals surface area contributed by atoms with Crippen molar-refractivity contribution in [3.05, 3.63) is 29.6 Å². The Morgan fingerprint density at radius 1 is 1.64 bits per heavy atom. The molecule has 1 aliphatic heterocycles. The third-order valence-electron chi connectivity index (χ3n) is 2.75. The topological polar surface area (TPSA) is 20.3 Å². The molecule has 0 saturated heterocycles. The molecule has 0 N–H and O–H groups in total. The zero-order valence-corrected chi connectivity index (χ0v) is 8.03. The standard InChI is InChI=1S/C11H12FNO/c1-2-10-6-8-5-9(12)3-4-11(8)13(10)7-14/h3-5,7,10H,2,6H2,1H3. The Kier molecular flexibility index (Phi) is 2.23. The van der Waals surface area contributed by atoms with E-state index in [1.165, 1.54) is 12.1 Å². The van der Waals surface area contributed by atoms with Gasteiger partial charge in [-0.1, -0.05) is 6.92 Å². The Balaban J connectivity index is 2.42. The molecular formula is C11H12FNO. The molecule has 74 valence electrons. The van der Waals surface area contributed by atoms with Crippen molar-refractivity contribution >= 4 is 12.1 Å². The molecule has 14 heavy (non-hydrogen) atoms. The molecule has 1 aromatic carbocycles. The number of carbonyl (C=O) groups excluding carboxylic acids is 1. The van der Waals surface area contributed by atoms with Crippen molar-refractivity contribution in [2.45, 2.75) is 25.8 Å². The van der Waals surface area contributed by atoms with E-state index in [1.54, 1.807) is 11.0 Å². The molecule has 0 saturated carbocycles. The Labute approximate surface area is 82.3 Å². The Hall–Kier alpha value is -1.38. The van der Waals surface area contributed by atoms with Crippen LogP contribution in [0.25, 0.3) is 0 Å². The molecule has 2 nitrogen and oxygen atoms in total. The number of hydrogen-bond donors (Lipinski definition) is 0. The highest BCUT2D eigenvalue weighted by atomic mass is 19.1. The van der Waals surface area contributed by atoms with E-state index >= 15 is 0 Å². The lowest BCUT2D eigenvalue weighted by molar-refractivity contribution is -0.107. The first-order valence-corrected chi connectivity index (χ1v) is 4.78. The van der Waals surface area contributed by atoms with Gasteiger partial charge in [-0.2, -0.15) is 0 Å². The molecule has 0 fully saturated rings. The van der Waals surface area contributed by atoms with Crippen molar-refractivity contribution in [3.63, 3.8) is 0 Å². The third-order valence-corrected chi connectivity index (χ3v) is 2.75. The minimum atomic E-state index is -0.230. The molecule has 1 aromatic rings. The number of benzene rings is 1. The van der Waals surface area contributed by atoms with E-state index in [4.69, 9.17) is 0 Å². The predicted molar refractivity (Wildman–Crippen MR) is 52.7 cm³/mol. The summed E-state index contributed by atoms with van der Waals surface area (Å²) in [6, 6.07) is 4.79. The average Bonchev–Trinajstić information content (AvgIpc) is 2.54. The first kappa shape index (κ1) is 9.19. The molecule has 1 atom stereocenters. The Bertz CT molecular complexity index is 364. The SMILES string of the molecule is CCC1Cc2cc(F)ccc2N1C=O. The zero-order chi connectivity index (χ0) is 10.1. The van der Waals surface area contributed by atoms with Gasteiger partial charge in [0.2, 0.25) is 6.41 Å². The van der Waals surface area contributed by atoms with Crippen LogP contribution >= 0.6 is 0 Å². The molecule has 0 aliphatic carbocycles. The van der Waals surface area contributed by atoms with E-state index in [9.17, 15) is 9.18 Å². The van der Waals surface area contributed by atoms with Gasteiger partial charge < -0.3 is 4.90 Å². The van der Waals surface area contributed by atoms with Crippen LogP contribution < -0.4 is 4.90 Å². The summed E-state index contributed by atoms with van der Waals surface area (Å²) in [6.45, 7) is 2.03. The van der Waals surface area contributed by atoms with Crippen LogP contribution in [0.5, 0.6) is 0 Å². The summed E-state index contributed by atoms with van der Waals surface area (Å²) in [6.07, 6.45) is 2.50. The van der Waals surface area contributed by atoms with Crippen LogP contribution in [0.2, 0.25) is 0 Å². The van der Waals surface area contributed by atoms with E-state index in [1.807, 2.05) is 6.92 Å². The van der Waals surface area contributed by atoms with Gasteiger partial charge in [-0.15, -0.1) is 0 Å². The fourth-order valence-electron chi connectivity index (χ4n) is 2.00. The molecule has 0 spiro atoms. The number of halogens is 1. The maximum Gasteiger partial charge on any atom is 0.214 e. The van der Waals surface area contributed by atoms with Gasteiger partial charge in [0.05, 0.1) is 0 Å². The highest BCUT2D eigenvalue weighted by molar-refractivity contribution is 5.80. The minimum Gasteiger partial charge on any atom is -0.311 e. The number of amides is 1. The summed E-state index contributed by atoms with van der Waals surface area (Å²) in [7, 11) is 0. The molecule has 1 amide bonds. The van der Waals surface area contributed by atoms with Gasteiger partial charge in [0.25, 0.3) is 0 Å². The lowest BCUT2D eigenvalue weighted by atomic mass is 10.1. The molecule has 1 heterocycles. The summed E-state index contributed by atoms with van der Waals surface area (Å²) in [5.41, 5.74) is 1.79. The van der Waals surface area contributed by atoms with Crippen molar-refractivity contribution < 1.29 is 9.18 Å². The second kappa shape index (κ2) is 3.40. The molecule has 2 rings (SSSR count). The molecule has 0 radical (unpaired) electrons. The second-order valence-electron chi connectivity index (χ2n) is 3.55. The van der Waals surface area contributed by atoms with Crippen LogP contribution in [-0.4, -0.2) is 12.5 Å². The minimum absolute atomic E-state index is 0.198. The van der Waals surface area contributed by atoms with Gasteiger partial charge in [-0.25, -0.2) is 4.39 Å². The zero-order valence-electron chi connectivity index (χ0n) is 8.03. The number of anilines is 1. The first-order valence-electron chi connectivity index (χ1n) is 4.78. The average molecular weight is 193 g/mol. The normalized spacial score (nSPS) is 19.6. The van der Waals surface area contributed by atoms with Gasteiger partial charge >= 0.3 is 0 Å². The maximum atomic E-state index is 12.9. The largest absolute Gasteiger partial charge is 0.311 e. The summed E-state index contributed by atoms with van der Waals surface area (Å²) >= 11 is 0. The second-order valence-corrected chi connectivity index (χ2v) is 3.55. The van der Waals surface area contributed by atoms with Crippen LogP contribution in [-0.2, 0) is 11.2 Å². The first-order chi connectivity index (χ1) is 6.76. The van der Waals surface area contributed by atoms with Crippen molar-refractivity contribution in [3.8, 4) is 0 Å². The molecule has 0 aromatic heterocycles. The van der Waals surface area contributed by atoms with Crippen molar-refractivity contribution in [1.29, 1.82) is 0 Å². The van der Waals surface area contributed by atoms with Crippen LogP contribution in [0.3, 0.4) is 0 Å². The molecule has 1 unspecified atom stereocenters. The number of hydrogen-bond acceptors (Lipinski definition) is 1. The third kappa shape index (κ3) is 1.29. The van der Waals surface area contributed by atoms with E-state index in [2.05, 4.69) is 0 Å². The van der Waals surface area contributed by atoms with Crippen LogP contribution in [0.4, 0.5) is 10.1 Å². The van der Waals surface area contributed by atoms with Crippen LogP contribution in [0, 0.1) is 5.82 Å². The quantitative estimate of drug-likeness (QED) is 0.659. The fourth-order valence-corrected chi connectivity index (χ4v) is 2.00. The Morgan fingerprint density at radius 2 is 2.43 bits per heavy atom. The van der Waals surface area contributed by atoms with E-state index < -0.39 is 0 Å². The maximum absolute atomic E-state index is 12.9. The van der Waals surface area contributed by atoms with Gasteiger partial charge in [0, 0.05) is 11.7 Å². The highest BCUT2D eigenvalue weighted by Crippen LogP contribution is 2.32. The van der Waals surface area contributed by atoms with Crippen LogP contribution in [0.1, 0.15) is 18.9 Å². The van der Waals surface area contributed by atoms with E-state index in [-0.39, 0.29) is 11.9 Å². The fraction of sp³-hybridized carbons (Fsp3) is 0.364. The van der Waals surface area contributed by atoms with Gasteiger partial charge in [0.1, 0.15) is 5.82 Å². The van der Waals surface area contributed by atoms with Crippen molar-refractivity contribution in [1.82, 2.24) is 0 Å². The van der Waals surface area contributed by atoms with Crippen LogP contribution in [0.15, 0.2) is 18.2 Å². The Morgan fingerprint density at radius 3 is 3.07 bits per heavy atom. The lowest BCUT2D eigenvalue weighted by Gasteiger charge is -2.18. The summed E-state index contributed by atoms with van der Waals surface area (Å²) in [4.78, 5) is 12.5. The summed E-state index contributed by atoms with van der Waals surface area (Å²) < 4.78 is 12.9. The smallest absolute Gasteiger partial charge is 0.214 e. The predicted octanol–water partition coefficient (Wildman–Crippen LogP) is 2.12. The van der Waals surface area contributed by atoms with Gasteiger partial charge in [-0.3, -0.25) is 4.79 Å². The van der Waals surface area contributed by atoms with Gasteiger partial charge in [-0.05, 0) is 36.6 Å². The molecule has 3 heteroatoms.